The largest absolute Gasteiger partial charge is 0.160 e. The SMILES string of the molecule is CC1(CC2CSCC2Cl)CCCC1. The molecule has 2 fully saturated rings. The Morgan fingerprint density at radius 2 is 2.00 bits per heavy atom. The van der Waals surface area contributed by atoms with Crippen LogP contribution in [0.1, 0.15) is 39.0 Å². The van der Waals surface area contributed by atoms with Gasteiger partial charge in [-0.3, -0.25) is 0 Å². The van der Waals surface area contributed by atoms with Crippen LogP contribution in [0.15, 0.2) is 0 Å². The quantitative estimate of drug-likeness (QED) is 0.633. The third-order valence-corrected chi connectivity index (χ3v) is 5.64. The molecule has 0 aromatic heterocycles. The lowest BCUT2D eigenvalue weighted by atomic mass is 9.79. The first-order chi connectivity index (χ1) is 6.20. The summed E-state index contributed by atoms with van der Waals surface area (Å²) in [5.74, 6) is 3.29. The van der Waals surface area contributed by atoms with Gasteiger partial charge in [-0.2, -0.15) is 11.8 Å². The van der Waals surface area contributed by atoms with Gasteiger partial charge in [-0.15, -0.1) is 11.6 Å². The summed E-state index contributed by atoms with van der Waals surface area (Å²) in [4.78, 5) is 0. The van der Waals surface area contributed by atoms with Crippen molar-refractivity contribution in [2.24, 2.45) is 11.3 Å². The fourth-order valence-electron chi connectivity index (χ4n) is 2.82. The summed E-state index contributed by atoms with van der Waals surface area (Å²) in [6, 6.07) is 0. The van der Waals surface area contributed by atoms with Gasteiger partial charge >= 0.3 is 0 Å². The summed E-state index contributed by atoms with van der Waals surface area (Å²) in [5, 5.41) is 0.461. The molecule has 2 atom stereocenters. The van der Waals surface area contributed by atoms with Crippen molar-refractivity contribution in [3.63, 3.8) is 0 Å². The number of rotatable bonds is 2. The highest BCUT2D eigenvalue weighted by Crippen LogP contribution is 2.46. The first-order valence-electron chi connectivity index (χ1n) is 5.41. The van der Waals surface area contributed by atoms with Crippen LogP contribution in [0.4, 0.5) is 0 Å². The van der Waals surface area contributed by atoms with Crippen molar-refractivity contribution in [1.29, 1.82) is 0 Å². The van der Waals surface area contributed by atoms with Gasteiger partial charge in [-0.05, 0) is 36.3 Å². The van der Waals surface area contributed by atoms with Gasteiger partial charge in [0, 0.05) is 11.1 Å². The molecule has 0 spiro atoms. The second-order valence-corrected chi connectivity index (χ2v) is 6.67. The van der Waals surface area contributed by atoms with Crippen molar-refractivity contribution in [3.05, 3.63) is 0 Å². The summed E-state index contributed by atoms with van der Waals surface area (Å²) in [6.07, 6.45) is 7.16. The van der Waals surface area contributed by atoms with Crippen molar-refractivity contribution >= 4 is 23.4 Å². The van der Waals surface area contributed by atoms with Gasteiger partial charge in [0.25, 0.3) is 0 Å². The minimum Gasteiger partial charge on any atom is -0.160 e. The number of alkyl halides is 1. The van der Waals surface area contributed by atoms with E-state index in [1.807, 2.05) is 11.8 Å². The molecule has 2 aliphatic rings. The van der Waals surface area contributed by atoms with Crippen LogP contribution in [-0.2, 0) is 0 Å². The molecule has 0 bridgehead atoms. The van der Waals surface area contributed by atoms with Gasteiger partial charge in [0.15, 0.2) is 0 Å². The van der Waals surface area contributed by atoms with E-state index in [4.69, 9.17) is 11.6 Å². The summed E-state index contributed by atoms with van der Waals surface area (Å²) < 4.78 is 0. The Labute approximate surface area is 90.8 Å². The molecule has 76 valence electrons. The molecule has 0 N–H and O–H groups in total. The van der Waals surface area contributed by atoms with Crippen molar-refractivity contribution in [2.75, 3.05) is 11.5 Å². The summed E-state index contributed by atoms with van der Waals surface area (Å²) in [7, 11) is 0. The Morgan fingerprint density at radius 1 is 1.31 bits per heavy atom. The molecule has 0 radical (unpaired) electrons. The number of hydrogen-bond donors (Lipinski definition) is 0. The first kappa shape index (κ1) is 10.2. The van der Waals surface area contributed by atoms with Crippen molar-refractivity contribution in [3.8, 4) is 0 Å². The van der Waals surface area contributed by atoms with E-state index in [2.05, 4.69) is 6.92 Å². The van der Waals surface area contributed by atoms with E-state index in [0.29, 0.717) is 10.8 Å². The zero-order valence-corrected chi connectivity index (χ0v) is 9.96. The molecular formula is C11H19ClS. The van der Waals surface area contributed by atoms with Gasteiger partial charge in [-0.25, -0.2) is 0 Å². The predicted molar refractivity (Wildman–Crippen MR) is 61.6 cm³/mol. The van der Waals surface area contributed by atoms with Crippen LogP contribution >= 0.6 is 23.4 Å². The fourth-order valence-corrected chi connectivity index (χ4v) is 4.66. The van der Waals surface area contributed by atoms with Crippen LogP contribution in [-0.4, -0.2) is 16.9 Å². The van der Waals surface area contributed by atoms with E-state index in [9.17, 15) is 0 Å². The van der Waals surface area contributed by atoms with E-state index < -0.39 is 0 Å². The maximum absolute atomic E-state index is 6.30. The molecule has 1 saturated carbocycles. The zero-order chi connectivity index (χ0) is 9.31. The Balaban J connectivity index is 1.88. The lowest BCUT2D eigenvalue weighted by Crippen LogP contribution is -2.22. The molecule has 0 amide bonds. The minimum atomic E-state index is 0.461. The van der Waals surface area contributed by atoms with Crippen molar-refractivity contribution in [1.82, 2.24) is 0 Å². The maximum Gasteiger partial charge on any atom is 0.0462 e. The highest BCUT2D eigenvalue weighted by molar-refractivity contribution is 7.99. The van der Waals surface area contributed by atoms with E-state index in [0.717, 1.165) is 5.92 Å². The first-order valence-corrected chi connectivity index (χ1v) is 7.01. The average molecular weight is 219 g/mol. The van der Waals surface area contributed by atoms with E-state index in [1.54, 1.807) is 0 Å². The third-order valence-electron chi connectivity index (χ3n) is 3.69. The van der Waals surface area contributed by atoms with Crippen molar-refractivity contribution in [2.45, 2.75) is 44.4 Å². The smallest absolute Gasteiger partial charge is 0.0462 e. The molecule has 0 aromatic carbocycles. The van der Waals surface area contributed by atoms with Crippen LogP contribution in [0, 0.1) is 11.3 Å². The lowest BCUT2D eigenvalue weighted by Gasteiger charge is -2.28. The summed E-state index contributed by atoms with van der Waals surface area (Å²) >= 11 is 8.34. The summed E-state index contributed by atoms with van der Waals surface area (Å²) in [6.45, 7) is 2.46. The normalized spacial score (nSPS) is 38.3. The Hall–Kier alpha value is 0.640. The average Bonchev–Trinajstić information content (AvgIpc) is 2.64. The summed E-state index contributed by atoms with van der Waals surface area (Å²) in [5.41, 5.74) is 0.642. The standard InChI is InChI=1S/C11H19ClS/c1-11(4-2-3-5-11)6-9-7-13-8-10(9)12/h9-10H,2-8H2,1H3. The topological polar surface area (TPSA) is 0 Å². The van der Waals surface area contributed by atoms with Crippen LogP contribution < -0.4 is 0 Å². The minimum absolute atomic E-state index is 0.461. The van der Waals surface area contributed by atoms with Crippen LogP contribution in [0.3, 0.4) is 0 Å². The van der Waals surface area contributed by atoms with E-state index >= 15 is 0 Å². The maximum atomic E-state index is 6.30. The molecule has 13 heavy (non-hydrogen) atoms. The predicted octanol–water partition coefficient (Wildman–Crippen LogP) is 3.93. The Bertz CT molecular complexity index is 175. The molecule has 2 rings (SSSR count). The number of halogens is 1. The molecule has 2 unspecified atom stereocenters. The number of thioether (sulfide) groups is 1. The zero-order valence-electron chi connectivity index (χ0n) is 8.39. The molecule has 2 heteroatoms. The van der Waals surface area contributed by atoms with E-state index in [1.165, 1.54) is 43.6 Å². The van der Waals surface area contributed by atoms with Gasteiger partial charge in [0.05, 0.1) is 0 Å². The highest BCUT2D eigenvalue weighted by Gasteiger charge is 2.35. The lowest BCUT2D eigenvalue weighted by molar-refractivity contribution is 0.260. The molecule has 1 saturated heterocycles. The molecule has 1 heterocycles. The third kappa shape index (κ3) is 2.36. The van der Waals surface area contributed by atoms with Gasteiger partial charge in [-0.1, -0.05) is 19.8 Å². The second-order valence-electron chi connectivity index (χ2n) is 5.04. The monoisotopic (exact) mass is 218 g/mol. The van der Waals surface area contributed by atoms with Gasteiger partial charge < -0.3 is 0 Å². The number of hydrogen-bond acceptors (Lipinski definition) is 1. The molecule has 1 aliphatic carbocycles. The second kappa shape index (κ2) is 4.02. The van der Waals surface area contributed by atoms with Crippen LogP contribution in [0.25, 0.3) is 0 Å². The Morgan fingerprint density at radius 3 is 2.54 bits per heavy atom. The molecule has 1 aliphatic heterocycles. The fraction of sp³-hybridized carbons (Fsp3) is 1.00. The van der Waals surface area contributed by atoms with E-state index in [-0.39, 0.29) is 0 Å². The van der Waals surface area contributed by atoms with Crippen molar-refractivity contribution < 1.29 is 0 Å². The highest BCUT2D eigenvalue weighted by atomic mass is 35.5. The molecular weight excluding hydrogens is 200 g/mol. The van der Waals surface area contributed by atoms with Crippen LogP contribution in [0.5, 0.6) is 0 Å². The molecule has 0 nitrogen and oxygen atoms in total. The molecule has 0 aromatic rings. The van der Waals surface area contributed by atoms with Gasteiger partial charge in [0.2, 0.25) is 0 Å². The van der Waals surface area contributed by atoms with Crippen LogP contribution in [0.2, 0.25) is 0 Å². The van der Waals surface area contributed by atoms with Gasteiger partial charge in [0.1, 0.15) is 0 Å². The Kier molecular flexibility index (Phi) is 3.14.